The molecule has 0 unspecified atom stereocenters. The van der Waals surface area contributed by atoms with Crippen LogP contribution in [-0.4, -0.2) is 51.0 Å². The van der Waals surface area contributed by atoms with E-state index in [1.807, 2.05) is 46.2 Å². The van der Waals surface area contributed by atoms with Gasteiger partial charge < -0.3 is 14.6 Å². The lowest BCUT2D eigenvalue weighted by atomic mass is 10.1. The van der Waals surface area contributed by atoms with Crippen molar-refractivity contribution in [1.82, 2.24) is 24.9 Å². The number of hydrogen-bond donors (Lipinski definition) is 1. The zero-order chi connectivity index (χ0) is 16.5. The van der Waals surface area contributed by atoms with E-state index in [0.29, 0.717) is 26.1 Å². The molecule has 7 nitrogen and oxygen atoms in total. The second-order valence-corrected chi connectivity index (χ2v) is 6.11. The van der Waals surface area contributed by atoms with E-state index in [0.717, 1.165) is 22.2 Å². The second kappa shape index (κ2) is 6.09. The number of amides is 1. The van der Waals surface area contributed by atoms with Crippen LogP contribution in [-0.2, 0) is 22.6 Å². The molecular formula is C17H19N5O2. The molecule has 24 heavy (non-hydrogen) atoms. The molecule has 0 radical (unpaired) electrons. The molecular weight excluding hydrogens is 306 g/mol. The minimum Gasteiger partial charge on any atom is -0.378 e. The number of nitrogens with one attached hydrogen (secondary N) is 1. The quantitative estimate of drug-likeness (QED) is 0.772. The number of rotatable bonds is 5. The predicted octanol–water partition coefficient (Wildman–Crippen LogP) is 1.53. The standard InChI is InChI=1S/C17H19N5O2/c1-24-11-13-8-22(20-19-13)14-9-21(10-14)17(23)6-12-7-18-16-5-3-2-4-15(12)16/h2-5,7-8,14,18H,6,9-11H2,1H3. The highest BCUT2D eigenvalue weighted by molar-refractivity contribution is 5.89. The number of carbonyl (C=O) groups is 1. The smallest absolute Gasteiger partial charge is 0.227 e. The summed E-state index contributed by atoms with van der Waals surface area (Å²) in [5.41, 5.74) is 2.92. The van der Waals surface area contributed by atoms with E-state index in [4.69, 9.17) is 4.74 Å². The van der Waals surface area contributed by atoms with Gasteiger partial charge in [-0.3, -0.25) is 4.79 Å². The number of aromatic nitrogens is 4. The highest BCUT2D eigenvalue weighted by Gasteiger charge is 2.32. The Balaban J connectivity index is 1.37. The molecule has 1 aromatic carbocycles. The van der Waals surface area contributed by atoms with Crippen molar-refractivity contribution < 1.29 is 9.53 Å². The number of likely N-dealkylation sites (tertiary alicyclic amines) is 1. The molecule has 0 bridgehead atoms. The van der Waals surface area contributed by atoms with Crippen molar-refractivity contribution in [3.8, 4) is 0 Å². The van der Waals surface area contributed by atoms with Crippen molar-refractivity contribution in [3.63, 3.8) is 0 Å². The lowest BCUT2D eigenvalue weighted by Crippen LogP contribution is -2.51. The maximum absolute atomic E-state index is 12.5. The van der Waals surface area contributed by atoms with Crippen LogP contribution in [0.15, 0.2) is 36.7 Å². The minimum absolute atomic E-state index is 0.147. The molecule has 124 valence electrons. The van der Waals surface area contributed by atoms with E-state index in [1.165, 1.54) is 0 Å². The normalized spacial score (nSPS) is 15.0. The molecule has 0 spiro atoms. The van der Waals surface area contributed by atoms with Crippen LogP contribution in [0.3, 0.4) is 0 Å². The van der Waals surface area contributed by atoms with E-state index in [9.17, 15) is 4.79 Å². The Bertz CT molecular complexity index is 863. The van der Waals surface area contributed by atoms with Gasteiger partial charge in [-0.15, -0.1) is 5.10 Å². The monoisotopic (exact) mass is 325 g/mol. The molecule has 0 aliphatic carbocycles. The first-order chi connectivity index (χ1) is 11.7. The van der Waals surface area contributed by atoms with Crippen LogP contribution in [0.5, 0.6) is 0 Å². The van der Waals surface area contributed by atoms with E-state index in [2.05, 4.69) is 15.3 Å². The summed E-state index contributed by atoms with van der Waals surface area (Å²) in [4.78, 5) is 17.5. The molecule has 1 fully saturated rings. The number of para-hydroxylation sites is 1. The lowest BCUT2D eigenvalue weighted by Gasteiger charge is -2.38. The molecule has 1 aliphatic rings. The number of benzene rings is 1. The van der Waals surface area contributed by atoms with Crippen molar-refractivity contribution >= 4 is 16.8 Å². The highest BCUT2D eigenvalue weighted by atomic mass is 16.5. The summed E-state index contributed by atoms with van der Waals surface area (Å²) < 4.78 is 6.87. The van der Waals surface area contributed by atoms with E-state index in [1.54, 1.807) is 7.11 Å². The van der Waals surface area contributed by atoms with Crippen molar-refractivity contribution in [3.05, 3.63) is 47.9 Å². The molecule has 2 aromatic heterocycles. The molecule has 1 saturated heterocycles. The predicted molar refractivity (Wildman–Crippen MR) is 88.4 cm³/mol. The number of methoxy groups -OCH3 is 1. The van der Waals surface area contributed by atoms with Gasteiger partial charge in [0, 0.05) is 37.3 Å². The summed E-state index contributed by atoms with van der Waals surface area (Å²) in [7, 11) is 1.63. The molecule has 3 heterocycles. The van der Waals surface area contributed by atoms with Gasteiger partial charge in [-0.2, -0.15) is 0 Å². The molecule has 3 aromatic rings. The molecule has 4 rings (SSSR count). The van der Waals surface area contributed by atoms with Gasteiger partial charge in [0.1, 0.15) is 5.69 Å². The van der Waals surface area contributed by atoms with Gasteiger partial charge in [-0.05, 0) is 11.6 Å². The van der Waals surface area contributed by atoms with Crippen LogP contribution in [0.2, 0.25) is 0 Å². The summed E-state index contributed by atoms with van der Waals surface area (Å²) >= 11 is 0. The Morgan fingerprint density at radius 2 is 2.21 bits per heavy atom. The molecule has 7 heteroatoms. The van der Waals surface area contributed by atoms with Gasteiger partial charge in [0.25, 0.3) is 0 Å². The summed E-state index contributed by atoms with van der Waals surface area (Å²) in [6.45, 7) is 1.81. The highest BCUT2D eigenvalue weighted by Crippen LogP contribution is 2.23. The zero-order valence-electron chi connectivity index (χ0n) is 13.5. The topological polar surface area (TPSA) is 76.0 Å². The number of aromatic amines is 1. The van der Waals surface area contributed by atoms with Gasteiger partial charge in [0.15, 0.2) is 0 Å². The first-order valence-electron chi connectivity index (χ1n) is 7.97. The van der Waals surface area contributed by atoms with Gasteiger partial charge in [0.2, 0.25) is 5.91 Å². The van der Waals surface area contributed by atoms with Crippen LogP contribution in [0, 0.1) is 0 Å². The summed E-state index contributed by atoms with van der Waals surface area (Å²) in [5, 5.41) is 9.28. The van der Waals surface area contributed by atoms with Gasteiger partial charge >= 0.3 is 0 Å². The van der Waals surface area contributed by atoms with Gasteiger partial charge in [-0.1, -0.05) is 23.4 Å². The number of nitrogens with zero attached hydrogens (tertiary/aromatic N) is 4. The Hall–Kier alpha value is -2.67. The first-order valence-corrected chi connectivity index (χ1v) is 7.97. The Kier molecular flexibility index (Phi) is 3.78. The van der Waals surface area contributed by atoms with E-state index in [-0.39, 0.29) is 11.9 Å². The zero-order valence-corrected chi connectivity index (χ0v) is 13.5. The third-order valence-electron chi connectivity index (χ3n) is 4.46. The third kappa shape index (κ3) is 2.67. The number of H-pyrrole nitrogens is 1. The van der Waals surface area contributed by atoms with Crippen LogP contribution in [0.4, 0.5) is 0 Å². The first kappa shape index (κ1) is 14.9. The van der Waals surface area contributed by atoms with Crippen molar-refractivity contribution in [2.45, 2.75) is 19.1 Å². The number of hydrogen-bond acceptors (Lipinski definition) is 4. The van der Waals surface area contributed by atoms with Gasteiger partial charge in [0.05, 0.1) is 25.3 Å². The number of ether oxygens (including phenoxy) is 1. The fraction of sp³-hybridized carbons (Fsp3) is 0.353. The molecule has 0 atom stereocenters. The minimum atomic E-state index is 0.147. The molecule has 1 amide bonds. The Morgan fingerprint density at radius 3 is 3.04 bits per heavy atom. The number of fused-ring (bicyclic) bond motifs is 1. The van der Waals surface area contributed by atoms with Gasteiger partial charge in [-0.25, -0.2) is 4.68 Å². The lowest BCUT2D eigenvalue weighted by molar-refractivity contribution is -0.136. The van der Waals surface area contributed by atoms with Crippen LogP contribution >= 0.6 is 0 Å². The SMILES string of the molecule is COCc1cn(C2CN(C(=O)Cc3c[nH]c4ccccc34)C2)nn1. The fourth-order valence-corrected chi connectivity index (χ4v) is 3.08. The fourth-order valence-electron chi connectivity index (χ4n) is 3.08. The average molecular weight is 325 g/mol. The third-order valence-corrected chi connectivity index (χ3v) is 4.46. The Morgan fingerprint density at radius 1 is 1.38 bits per heavy atom. The van der Waals surface area contributed by atoms with Crippen LogP contribution in [0.1, 0.15) is 17.3 Å². The number of carbonyl (C=O) groups excluding carboxylic acids is 1. The maximum atomic E-state index is 12.5. The summed E-state index contributed by atoms with van der Waals surface area (Å²) in [5.74, 6) is 0.147. The van der Waals surface area contributed by atoms with Crippen molar-refractivity contribution in [2.75, 3.05) is 20.2 Å². The van der Waals surface area contributed by atoms with Crippen molar-refractivity contribution in [2.24, 2.45) is 0 Å². The maximum Gasteiger partial charge on any atom is 0.227 e. The Labute approximate surface area is 139 Å². The van der Waals surface area contributed by atoms with Crippen molar-refractivity contribution in [1.29, 1.82) is 0 Å². The van der Waals surface area contributed by atoms with E-state index >= 15 is 0 Å². The molecule has 1 N–H and O–H groups in total. The second-order valence-electron chi connectivity index (χ2n) is 6.11. The summed E-state index contributed by atoms with van der Waals surface area (Å²) in [6, 6.07) is 8.24. The van der Waals surface area contributed by atoms with Crippen LogP contribution < -0.4 is 0 Å². The summed E-state index contributed by atoms with van der Waals surface area (Å²) in [6.07, 6.45) is 4.23. The van der Waals surface area contributed by atoms with E-state index < -0.39 is 0 Å². The van der Waals surface area contributed by atoms with Crippen LogP contribution in [0.25, 0.3) is 10.9 Å². The average Bonchev–Trinajstić information content (AvgIpc) is 3.14. The largest absolute Gasteiger partial charge is 0.378 e. The molecule has 0 saturated carbocycles. The molecule has 1 aliphatic heterocycles.